The number of morpholine rings is 1. The summed E-state index contributed by atoms with van der Waals surface area (Å²) in [6.45, 7) is 1.09. The second-order valence-corrected chi connectivity index (χ2v) is 9.49. The second kappa shape index (κ2) is 8.52. The van der Waals surface area contributed by atoms with Crippen LogP contribution in [0.3, 0.4) is 0 Å². The van der Waals surface area contributed by atoms with Gasteiger partial charge in [0.1, 0.15) is 9.99 Å². The summed E-state index contributed by atoms with van der Waals surface area (Å²) in [6, 6.07) is 6.61. The number of benzene rings is 1. The topological polar surface area (TPSA) is 128 Å². The van der Waals surface area contributed by atoms with Crippen LogP contribution in [0.15, 0.2) is 34.6 Å². The van der Waals surface area contributed by atoms with E-state index in [9.17, 15) is 18.0 Å². The normalized spacial score (nSPS) is 23.1. The molecule has 11 heteroatoms. The molecule has 1 fully saturated rings. The molecule has 2 heterocycles. The molecule has 0 aromatic heterocycles. The van der Waals surface area contributed by atoms with E-state index in [2.05, 4.69) is 5.32 Å². The number of carbonyl (C=O) groups excluding carboxylic acids is 2. The average molecular weight is 428 g/mol. The Morgan fingerprint density at radius 3 is 2.61 bits per heavy atom. The number of ether oxygens (including phenoxy) is 2. The van der Waals surface area contributed by atoms with Gasteiger partial charge >= 0.3 is 0 Å². The van der Waals surface area contributed by atoms with Gasteiger partial charge in [0.15, 0.2) is 0 Å². The highest BCUT2D eigenvalue weighted by Crippen LogP contribution is 2.40. The van der Waals surface area contributed by atoms with Crippen LogP contribution in [0.25, 0.3) is 0 Å². The lowest BCUT2D eigenvalue weighted by Crippen LogP contribution is -2.41. The Morgan fingerprint density at radius 2 is 1.96 bits per heavy atom. The van der Waals surface area contributed by atoms with Crippen molar-refractivity contribution in [1.82, 2.24) is 9.62 Å². The molecule has 2 atom stereocenters. The van der Waals surface area contributed by atoms with E-state index in [0.717, 1.165) is 11.8 Å². The molecule has 9 nitrogen and oxygen atoms in total. The first kappa shape index (κ1) is 20.6. The average Bonchev–Trinajstić information content (AvgIpc) is 3.13. The van der Waals surface area contributed by atoms with Crippen LogP contribution in [-0.4, -0.2) is 63.3 Å². The largest absolute Gasteiger partial charge is 0.496 e. The number of para-hydroxylation sites is 1. The fourth-order valence-corrected chi connectivity index (χ4v) is 6.24. The van der Waals surface area contributed by atoms with E-state index in [0.29, 0.717) is 19.0 Å². The zero-order chi connectivity index (χ0) is 20.3. The predicted molar refractivity (Wildman–Crippen MR) is 104 cm³/mol. The van der Waals surface area contributed by atoms with Crippen LogP contribution in [0.5, 0.6) is 5.75 Å². The number of nitrogens with zero attached hydrogens (tertiary/aromatic N) is 1. The number of hydrogen-bond acceptors (Lipinski definition) is 7. The SMILES string of the molecule is COc1ccccc1C(=O)NC1SC(S(=O)(=O)N2CCOCC2)=CC1C(N)=O. The Labute approximate surface area is 167 Å². The maximum atomic E-state index is 12.9. The van der Waals surface area contributed by atoms with Crippen molar-refractivity contribution in [3.8, 4) is 5.75 Å². The first-order chi connectivity index (χ1) is 13.3. The van der Waals surface area contributed by atoms with Crippen molar-refractivity contribution in [2.75, 3.05) is 33.4 Å². The fourth-order valence-electron chi connectivity index (χ4n) is 2.92. The number of primary amides is 1. The molecule has 1 aromatic rings. The smallest absolute Gasteiger partial charge is 0.255 e. The van der Waals surface area contributed by atoms with E-state index in [4.69, 9.17) is 15.2 Å². The molecule has 0 aliphatic carbocycles. The Balaban J connectivity index is 1.79. The summed E-state index contributed by atoms with van der Waals surface area (Å²) in [5.41, 5.74) is 5.72. The van der Waals surface area contributed by atoms with Crippen LogP contribution >= 0.6 is 11.8 Å². The van der Waals surface area contributed by atoms with E-state index >= 15 is 0 Å². The first-order valence-electron chi connectivity index (χ1n) is 8.54. The van der Waals surface area contributed by atoms with E-state index in [1.54, 1.807) is 24.3 Å². The molecule has 1 saturated heterocycles. The lowest BCUT2D eigenvalue weighted by molar-refractivity contribution is -0.120. The zero-order valence-electron chi connectivity index (χ0n) is 15.2. The summed E-state index contributed by atoms with van der Waals surface area (Å²) < 4.78 is 37.4. The lowest BCUT2D eigenvalue weighted by atomic mass is 10.1. The van der Waals surface area contributed by atoms with Gasteiger partial charge in [-0.25, -0.2) is 8.42 Å². The molecule has 2 amide bonds. The Kier molecular flexibility index (Phi) is 6.28. The third kappa shape index (κ3) is 4.17. The summed E-state index contributed by atoms with van der Waals surface area (Å²) >= 11 is 0.901. The fraction of sp³-hybridized carbons (Fsp3) is 0.412. The molecule has 0 bridgehead atoms. The highest BCUT2D eigenvalue weighted by Gasteiger charge is 2.41. The van der Waals surface area contributed by atoms with E-state index in [-0.39, 0.29) is 22.9 Å². The highest BCUT2D eigenvalue weighted by molar-refractivity contribution is 8.18. The standard InChI is InChI=1S/C17H21N3O6S2/c1-25-13-5-3-2-4-11(13)16(22)19-17-12(15(18)21)10-14(27-17)28(23,24)20-6-8-26-9-7-20/h2-5,10,12,17H,6-9H2,1H3,(H2,18,21)(H,19,22). The van der Waals surface area contributed by atoms with Gasteiger partial charge in [-0.15, -0.1) is 0 Å². The van der Waals surface area contributed by atoms with Crippen LogP contribution in [0.2, 0.25) is 0 Å². The van der Waals surface area contributed by atoms with Gasteiger partial charge in [-0.2, -0.15) is 4.31 Å². The van der Waals surface area contributed by atoms with Crippen molar-refractivity contribution in [2.45, 2.75) is 5.37 Å². The maximum absolute atomic E-state index is 12.9. The van der Waals surface area contributed by atoms with Crippen molar-refractivity contribution in [2.24, 2.45) is 11.7 Å². The van der Waals surface area contributed by atoms with Crippen LogP contribution in [-0.2, 0) is 19.6 Å². The van der Waals surface area contributed by atoms with Gasteiger partial charge in [0.2, 0.25) is 15.9 Å². The van der Waals surface area contributed by atoms with Crippen LogP contribution in [0.4, 0.5) is 0 Å². The molecule has 2 aliphatic heterocycles. The first-order valence-corrected chi connectivity index (χ1v) is 10.9. The van der Waals surface area contributed by atoms with E-state index in [1.807, 2.05) is 0 Å². The lowest BCUT2D eigenvalue weighted by Gasteiger charge is -2.26. The van der Waals surface area contributed by atoms with Gasteiger partial charge in [-0.1, -0.05) is 23.9 Å². The maximum Gasteiger partial charge on any atom is 0.255 e. The Hall–Kier alpha value is -2.08. The molecular weight excluding hydrogens is 406 g/mol. The molecule has 2 aliphatic rings. The number of amides is 2. The van der Waals surface area contributed by atoms with Crippen LogP contribution < -0.4 is 15.8 Å². The summed E-state index contributed by atoms with van der Waals surface area (Å²) in [6.07, 6.45) is 1.31. The molecule has 28 heavy (non-hydrogen) atoms. The third-order valence-corrected chi connectivity index (χ3v) is 8.05. The number of thioether (sulfide) groups is 1. The monoisotopic (exact) mass is 427 g/mol. The van der Waals surface area contributed by atoms with Gasteiger partial charge in [0.05, 0.1) is 37.2 Å². The van der Waals surface area contributed by atoms with Crippen molar-refractivity contribution in [3.63, 3.8) is 0 Å². The van der Waals surface area contributed by atoms with Crippen molar-refractivity contribution < 1.29 is 27.5 Å². The van der Waals surface area contributed by atoms with Crippen molar-refractivity contribution in [3.05, 3.63) is 40.1 Å². The van der Waals surface area contributed by atoms with Crippen LogP contribution in [0, 0.1) is 5.92 Å². The minimum atomic E-state index is -3.78. The number of nitrogens with one attached hydrogen (secondary N) is 1. The number of methoxy groups -OCH3 is 1. The Morgan fingerprint density at radius 1 is 1.29 bits per heavy atom. The summed E-state index contributed by atoms with van der Waals surface area (Å²) in [5, 5.41) is 1.86. The van der Waals surface area contributed by atoms with Gasteiger partial charge in [0, 0.05) is 13.1 Å². The summed E-state index contributed by atoms with van der Waals surface area (Å²) in [7, 11) is -2.34. The number of carbonyl (C=O) groups is 2. The van der Waals surface area contributed by atoms with Gasteiger partial charge < -0.3 is 20.5 Å². The van der Waals surface area contributed by atoms with Crippen molar-refractivity contribution in [1.29, 1.82) is 0 Å². The van der Waals surface area contributed by atoms with Gasteiger partial charge in [-0.05, 0) is 18.2 Å². The molecule has 3 rings (SSSR count). The van der Waals surface area contributed by atoms with E-state index < -0.39 is 33.1 Å². The Bertz CT molecular complexity index is 896. The zero-order valence-corrected chi connectivity index (χ0v) is 16.8. The third-order valence-electron chi connectivity index (χ3n) is 4.40. The highest BCUT2D eigenvalue weighted by atomic mass is 32.3. The molecule has 0 saturated carbocycles. The predicted octanol–water partition coefficient (Wildman–Crippen LogP) is 0.103. The molecular formula is C17H21N3O6S2. The second-order valence-electron chi connectivity index (χ2n) is 6.14. The summed E-state index contributed by atoms with van der Waals surface area (Å²) in [5.74, 6) is -1.79. The minimum Gasteiger partial charge on any atom is -0.496 e. The van der Waals surface area contributed by atoms with E-state index in [1.165, 1.54) is 17.5 Å². The number of sulfonamides is 1. The molecule has 0 radical (unpaired) electrons. The van der Waals surface area contributed by atoms with Crippen LogP contribution in [0.1, 0.15) is 10.4 Å². The van der Waals surface area contributed by atoms with Crippen molar-refractivity contribution >= 4 is 33.6 Å². The molecule has 152 valence electrons. The quantitative estimate of drug-likeness (QED) is 0.659. The molecule has 0 spiro atoms. The van der Waals surface area contributed by atoms with Gasteiger partial charge in [-0.3, -0.25) is 9.59 Å². The summed E-state index contributed by atoms with van der Waals surface area (Å²) in [4.78, 5) is 24.5. The number of nitrogens with two attached hydrogens (primary N) is 1. The molecule has 2 unspecified atom stereocenters. The minimum absolute atomic E-state index is 0.00327. The molecule has 1 aromatic carbocycles. The molecule has 3 N–H and O–H groups in total. The van der Waals surface area contributed by atoms with Gasteiger partial charge in [0.25, 0.3) is 5.91 Å². The number of rotatable bonds is 6. The number of hydrogen-bond donors (Lipinski definition) is 2.